The van der Waals surface area contributed by atoms with Crippen LogP contribution in [0.1, 0.15) is 18.9 Å². The molecule has 0 radical (unpaired) electrons. The smallest absolute Gasteiger partial charge is 0.0690 e. The number of rotatable bonds is 2. The first-order chi connectivity index (χ1) is 6.24. The normalized spacial score (nSPS) is 30.9. The van der Waals surface area contributed by atoms with Crippen LogP contribution in [-0.2, 0) is 6.42 Å². The van der Waals surface area contributed by atoms with Crippen LogP contribution >= 0.6 is 0 Å². The molecule has 0 aromatic heterocycles. The molecule has 2 unspecified atom stereocenters. The van der Waals surface area contributed by atoms with Gasteiger partial charge in [-0.05, 0) is 31.2 Å². The molecule has 0 saturated heterocycles. The van der Waals surface area contributed by atoms with Gasteiger partial charge in [-0.25, -0.2) is 0 Å². The highest BCUT2D eigenvalue weighted by Gasteiger charge is 2.50. The van der Waals surface area contributed by atoms with E-state index in [0.717, 1.165) is 12.8 Å². The summed E-state index contributed by atoms with van der Waals surface area (Å²) in [5.74, 6) is 0.583. The molecule has 0 spiro atoms. The standard InChI is InChI=1S/C12H13N/c1-12(9-13)8-11(12)7-10-5-3-2-4-6-10/h2-6,11H,7-8H2,1H3. The molecule has 1 aliphatic carbocycles. The molecular formula is C12H13N. The molecule has 2 rings (SSSR count). The zero-order chi connectivity index (χ0) is 9.31. The average molecular weight is 171 g/mol. The van der Waals surface area contributed by atoms with E-state index in [4.69, 9.17) is 5.26 Å². The minimum absolute atomic E-state index is 0.0319. The first-order valence-electron chi connectivity index (χ1n) is 4.70. The third-order valence-electron chi connectivity index (χ3n) is 2.99. The second-order valence-electron chi connectivity index (χ2n) is 4.12. The Labute approximate surface area is 79.0 Å². The molecule has 0 heterocycles. The van der Waals surface area contributed by atoms with Gasteiger partial charge in [0, 0.05) is 0 Å². The van der Waals surface area contributed by atoms with Crippen LogP contribution in [0.4, 0.5) is 0 Å². The average Bonchev–Trinajstić information content (AvgIpc) is 2.80. The summed E-state index contributed by atoms with van der Waals surface area (Å²) in [5.41, 5.74) is 1.32. The molecule has 0 bridgehead atoms. The highest BCUT2D eigenvalue weighted by Crippen LogP contribution is 2.53. The van der Waals surface area contributed by atoms with Gasteiger partial charge >= 0.3 is 0 Å². The second-order valence-corrected chi connectivity index (χ2v) is 4.12. The van der Waals surface area contributed by atoms with Crippen LogP contribution in [-0.4, -0.2) is 0 Å². The van der Waals surface area contributed by atoms with Crippen LogP contribution in [0.2, 0.25) is 0 Å². The Morgan fingerprint density at radius 3 is 2.69 bits per heavy atom. The van der Waals surface area contributed by atoms with E-state index in [1.165, 1.54) is 5.56 Å². The summed E-state index contributed by atoms with van der Waals surface area (Å²) >= 11 is 0. The zero-order valence-corrected chi connectivity index (χ0v) is 7.83. The minimum Gasteiger partial charge on any atom is -0.198 e. The van der Waals surface area contributed by atoms with E-state index in [1.54, 1.807) is 0 Å². The van der Waals surface area contributed by atoms with E-state index in [0.29, 0.717) is 5.92 Å². The summed E-state index contributed by atoms with van der Waals surface area (Å²) in [6.45, 7) is 2.06. The van der Waals surface area contributed by atoms with Crippen molar-refractivity contribution in [2.24, 2.45) is 11.3 Å². The first kappa shape index (κ1) is 8.31. The Kier molecular flexibility index (Phi) is 1.84. The van der Waals surface area contributed by atoms with E-state index in [2.05, 4.69) is 37.3 Å². The molecule has 0 amide bonds. The summed E-state index contributed by atoms with van der Waals surface area (Å²) in [6, 6.07) is 12.8. The topological polar surface area (TPSA) is 23.8 Å². The molecule has 13 heavy (non-hydrogen) atoms. The molecule has 66 valence electrons. The number of nitrogens with zero attached hydrogens (tertiary/aromatic N) is 1. The zero-order valence-electron chi connectivity index (χ0n) is 7.83. The van der Waals surface area contributed by atoms with Crippen LogP contribution in [0.15, 0.2) is 30.3 Å². The fourth-order valence-corrected chi connectivity index (χ4v) is 1.79. The summed E-state index contributed by atoms with van der Waals surface area (Å²) in [4.78, 5) is 0. The number of nitriles is 1. The summed E-state index contributed by atoms with van der Waals surface area (Å²) in [5, 5.41) is 8.86. The molecule has 0 N–H and O–H groups in total. The van der Waals surface area contributed by atoms with Gasteiger partial charge in [0.15, 0.2) is 0 Å². The van der Waals surface area contributed by atoms with Crippen LogP contribution in [0.25, 0.3) is 0 Å². The molecule has 1 nitrogen and oxygen atoms in total. The molecule has 0 aliphatic heterocycles. The van der Waals surface area contributed by atoms with E-state index < -0.39 is 0 Å². The predicted molar refractivity (Wildman–Crippen MR) is 52.0 cm³/mol. The van der Waals surface area contributed by atoms with Crippen LogP contribution in [0, 0.1) is 22.7 Å². The Morgan fingerprint density at radius 2 is 2.15 bits per heavy atom. The molecule has 2 atom stereocenters. The van der Waals surface area contributed by atoms with E-state index in [-0.39, 0.29) is 5.41 Å². The number of hydrogen-bond donors (Lipinski definition) is 0. The highest BCUT2D eigenvalue weighted by atomic mass is 14.5. The maximum absolute atomic E-state index is 8.86. The molecule has 1 fully saturated rings. The monoisotopic (exact) mass is 171 g/mol. The summed E-state index contributed by atoms with van der Waals surface area (Å²) < 4.78 is 0. The van der Waals surface area contributed by atoms with Crippen molar-refractivity contribution in [1.82, 2.24) is 0 Å². The fourth-order valence-electron chi connectivity index (χ4n) is 1.79. The molecule has 1 saturated carbocycles. The minimum atomic E-state index is -0.0319. The van der Waals surface area contributed by atoms with Gasteiger partial charge in [-0.15, -0.1) is 0 Å². The van der Waals surface area contributed by atoms with E-state index in [1.807, 2.05) is 6.07 Å². The summed E-state index contributed by atoms with van der Waals surface area (Å²) in [6.07, 6.45) is 2.13. The van der Waals surface area contributed by atoms with Gasteiger partial charge in [0.2, 0.25) is 0 Å². The fraction of sp³-hybridized carbons (Fsp3) is 0.417. The lowest BCUT2D eigenvalue weighted by Gasteiger charge is -2.00. The third-order valence-corrected chi connectivity index (χ3v) is 2.99. The quantitative estimate of drug-likeness (QED) is 0.671. The van der Waals surface area contributed by atoms with Crippen LogP contribution in [0.3, 0.4) is 0 Å². The highest BCUT2D eigenvalue weighted by molar-refractivity contribution is 5.21. The lowest BCUT2D eigenvalue weighted by Crippen LogP contribution is -1.96. The Bertz CT molecular complexity index is 336. The van der Waals surface area contributed by atoms with Crippen molar-refractivity contribution < 1.29 is 0 Å². The molecule has 1 aromatic rings. The maximum Gasteiger partial charge on any atom is 0.0690 e. The van der Waals surface area contributed by atoms with Crippen molar-refractivity contribution in [3.8, 4) is 6.07 Å². The summed E-state index contributed by atoms with van der Waals surface area (Å²) in [7, 11) is 0. The van der Waals surface area contributed by atoms with Gasteiger partial charge < -0.3 is 0 Å². The van der Waals surface area contributed by atoms with Gasteiger partial charge in [-0.3, -0.25) is 0 Å². The van der Waals surface area contributed by atoms with Crippen molar-refractivity contribution >= 4 is 0 Å². The molecule has 1 heteroatoms. The van der Waals surface area contributed by atoms with Crippen LogP contribution in [0.5, 0.6) is 0 Å². The molecule has 1 aromatic carbocycles. The van der Waals surface area contributed by atoms with Crippen molar-refractivity contribution in [3.63, 3.8) is 0 Å². The molecule has 1 aliphatic rings. The Hall–Kier alpha value is -1.29. The van der Waals surface area contributed by atoms with Crippen molar-refractivity contribution in [2.75, 3.05) is 0 Å². The van der Waals surface area contributed by atoms with Crippen molar-refractivity contribution in [2.45, 2.75) is 19.8 Å². The van der Waals surface area contributed by atoms with Gasteiger partial charge in [-0.1, -0.05) is 30.3 Å². The Balaban J connectivity index is 2.00. The number of benzene rings is 1. The van der Waals surface area contributed by atoms with E-state index in [9.17, 15) is 0 Å². The molecular weight excluding hydrogens is 158 g/mol. The van der Waals surface area contributed by atoms with Gasteiger partial charge in [-0.2, -0.15) is 5.26 Å². The predicted octanol–water partition coefficient (Wildman–Crippen LogP) is 2.78. The SMILES string of the molecule is CC1(C#N)CC1Cc1ccccc1. The van der Waals surface area contributed by atoms with Gasteiger partial charge in [0.1, 0.15) is 0 Å². The Morgan fingerprint density at radius 1 is 1.46 bits per heavy atom. The van der Waals surface area contributed by atoms with Crippen molar-refractivity contribution in [1.29, 1.82) is 5.26 Å². The van der Waals surface area contributed by atoms with Crippen LogP contribution < -0.4 is 0 Å². The van der Waals surface area contributed by atoms with Gasteiger partial charge in [0.25, 0.3) is 0 Å². The first-order valence-corrected chi connectivity index (χ1v) is 4.70. The lowest BCUT2D eigenvalue weighted by atomic mass is 10.0. The number of hydrogen-bond acceptors (Lipinski definition) is 1. The maximum atomic E-state index is 8.86. The lowest BCUT2D eigenvalue weighted by molar-refractivity contribution is 0.637. The third kappa shape index (κ3) is 1.58. The van der Waals surface area contributed by atoms with E-state index >= 15 is 0 Å². The van der Waals surface area contributed by atoms with Crippen molar-refractivity contribution in [3.05, 3.63) is 35.9 Å². The largest absolute Gasteiger partial charge is 0.198 e. The van der Waals surface area contributed by atoms with Gasteiger partial charge in [0.05, 0.1) is 11.5 Å². The second kappa shape index (κ2) is 2.88.